The highest BCUT2D eigenvalue weighted by molar-refractivity contribution is 9.10. The number of alkyl halides is 1. The lowest BCUT2D eigenvalue weighted by molar-refractivity contribution is 0.490. The molecule has 1 aliphatic rings. The van der Waals surface area contributed by atoms with Crippen molar-refractivity contribution in [3.8, 4) is 0 Å². The fourth-order valence-corrected chi connectivity index (χ4v) is 4.28. The molecule has 0 bridgehead atoms. The molecule has 2 rings (SSSR count). The zero-order valence-corrected chi connectivity index (χ0v) is 11.7. The number of hydrogen-bond donors (Lipinski definition) is 0. The van der Waals surface area contributed by atoms with Gasteiger partial charge in [0.25, 0.3) is 0 Å². The minimum absolute atomic E-state index is 0.129. The second-order valence-corrected chi connectivity index (χ2v) is 6.38. The molecule has 0 amide bonds. The van der Waals surface area contributed by atoms with Gasteiger partial charge in [-0.25, -0.2) is 0 Å². The molecule has 0 radical (unpaired) electrons. The number of hydrogen-bond acceptors (Lipinski definition) is 0. The molecule has 2 atom stereocenters. The van der Waals surface area contributed by atoms with E-state index in [9.17, 15) is 0 Å². The van der Waals surface area contributed by atoms with Gasteiger partial charge in [-0.2, -0.15) is 0 Å². The molecule has 1 fully saturated rings. The Balaban J connectivity index is 2.45. The maximum Gasteiger partial charge on any atom is 0.0454 e. The topological polar surface area (TPSA) is 0 Å². The van der Waals surface area contributed by atoms with E-state index in [0.717, 1.165) is 28.8 Å². The van der Waals surface area contributed by atoms with E-state index in [2.05, 4.69) is 22.9 Å². The van der Waals surface area contributed by atoms with E-state index in [0.29, 0.717) is 0 Å². The quantitative estimate of drug-likeness (QED) is 0.629. The van der Waals surface area contributed by atoms with Gasteiger partial charge in [0.2, 0.25) is 0 Å². The molecule has 82 valence electrons. The Kier molecular flexibility index (Phi) is 3.35. The molecule has 0 N–H and O–H groups in total. The Bertz CT molecular complexity index is 358. The summed E-state index contributed by atoms with van der Waals surface area (Å²) in [6, 6.07) is 5.97. The van der Waals surface area contributed by atoms with E-state index in [1.807, 2.05) is 18.2 Å². The summed E-state index contributed by atoms with van der Waals surface area (Å²) >= 11 is 16.1. The molecule has 1 aromatic carbocycles. The standard InChI is InChI=1S/C12H13BrCl2/c1-12(6-5-8(14)7-12)11-9(13)3-2-4-10(11)15/h2-4,8H,5-7H2,1H3. The largest absolute Gasteiger partial charge is 0.123 e. The van der Waals surface area contributed by atoms with Crippen LogP contribution in [0.15, 0.2) is 22.7 Å². The summed E-state index contributed by atoms with van der Waals surface area (Å²) in [5.74, 6) is 0. The van der Waals surface area contributed by atoms with Gasteiger partial charge in [0.05, 0.1) is 0 Å². The molecular weight excluding hydrogens is 295 g/mol. The SMILES string of the molecule is CC1(c2c(Cl)cccc2Br)CCC(Cl)C1. The second kappa shape index (κ2) is 4.27. The fraction of sp³-hybridized carbons (Fsp3) is 0.500. The van der Waals surface area contributed by atoms with E-state index < -0.39 is 0 Å². The van der Waals surface area contributed by atoms with Gasteiger partial charge in [0, 0.05) is 14.9 Å². The molecule has 1 saturated carbocycles. The summed E-state index contributed by atoms with van der Waals surface area (Å²) in [5.41, 5.74) is 1.35. The predicted molar refractivity (Wildman–Crippen MR) is 70.0 cm³/mol. The highest BCUT2D eigenvalue weighted by Gasteiger charge is 2.38. The molecular formula is C12H13BrCl2. The molecule has 0 aromatic heterocycles. The third-order valence-electron chi connectivity index (χ3n) is 3.25. The van der Waals surface area contributed by atoms with Crippen molar-refractivity contribution in [2.24, 2.45) is 0 Å². The van der Waals surface area contributed by atoms with Crippen molar-refractivity contribution in [2.45, 2.75) is 37.0 Å². The Morgan fingerprint density at radius 3 is 2.73 bits per heavy atom. The Labute approximate surface area is 109 Å². The van der Waals surface area contributed by atoms with Gasteiger partial charge in [-0.15, -0.1) is 11.6 Å². The summed E-state index contributed by atoms with van der Waals surface area (Å²) < 4.78 is 1.10. The van der Waals surface area contributed by atoms with Gasteiger partial charge in [-0.3, -0.25) is 0 Å². The second-order valence-electron chi connectivity index (χ2n) is 4.50. The molecule has 0 nitrogen and oxygen atoms in total. The van der Waals surface area contributed by atoms with Crippen molar-refractivity contribution in [3.63, 3.8) is 0 Å². The molecule has 15 heavy (non-hydrogen) atoms. The zero-order valence-electron chi connectivity index (χ0n) is 8.56. The molecule has 2 unspecified atom stereocenters. The van der Waals surface area contributed by atoms with Crippen LogP contribution < -0.4 is 0 Å². The summed E-state index contributed by atoms with van der Waals surface area (Å²) in [4.78, 5) is 0. The first-order valence-corrected chi connectivity index (χ1v) is 6.72. The molecule has 0 heterocycles. The van der Waals surface area contributed by atoms with Gasteiger partial charge >= 0.3 is 0 Å². The van der Waals surface area contributed by atoms with Crippen molar-refractivity contribution in [1.82, 2.24) is 0 Å². The lowest BCUT2D eigenvalue weighted by Crippen LogP contribution is -2.19. The highest BCUT2D eigenvalue weighted by Crippen LogP contribution is 2.47. The normalized spacial score (nSPS) is 30.8. The van der Waals surface area contributed by atoms with Gasteiger partial charge in [-0.05, 0) is 42.4 Å². The van der Waals surface area contributed by atoms with E-state index in [1.54, 1.807) is 0 Å². The maximum absolute atomic E-state index is 6.27. The molecule has 3 heteroatoms. The fourth-order valence-electron chi connectivity index (χ4n) is 2.47. The molecule has 1 aliphatic carbocycles. The van der Waals surface area contributed by atoms with Gasteiger partial charge in [-0.1, -0.05) is 40.5 Å². The number of halogens is 3. The first-order valence-electron chi connectivity index (χ1n) is 5.11. The Morgan fingerprint density at radius 2 is 2.20 bits per heavy atom. The van der Waals surface area contributed by atoms with Crippen LogP contribution in [0, 0.1) is 0 Å². The third-order valence-corrected chi connectivity index (χ3v) is 4.60. The summed E-state index contributed by atoms with van der Waals surface area (Å²) in [6.45, 7) is 2.25. The first kappa shape index (κ1) is 11.8. The van der Waals surface area contributed by atoms with Gasteiger partial charge < -0.3 is 0 Å². The van der Waals surface area contributed by atoms with Gasteiger partial charge in [0.1, 0.15) is 0 Å². The number of benzene rings is 1. The lowest BCUT2D eigenvalue weighted by atomic mass is 9.81. The predicted octanol–water partition coefficient (Wildman–Crippen LogP) is 5.15. The van der Waals surface area contributed by atoms with E-state index in [-0.39, 0.29) is 10.8 Å². The third kappa shape index (κ3) is 2.20. The highest BCUT2D eigenvalue weighted by atomic mass is 79.9. The maximum atomic E-state index is 6.27. The van der Waals surface area contributed by atoms with Crippen molar-refractivity contribution < 1.29 is 0 Å². The number of rotatable bonds is 1. The van der Waals surface area contributed by atoms with E-state index >= 15 is 0 Å². The Hall–Kier alpha value is 0.280. The monoisotopic (exact) mass is 306 g/mol. The molecule has 0 saturated heterocycles. The van der Waals surface area contributed by atoms with E-state index in [1.165, 1.54) is 5.56 Å². The van der Waals surface area contributed by atoms with Crippen LogP contribution in [-0.2, 0) is 5.41 Å². The van der Waals surface area contributed by atoms with Crippen LogP contribution >= 0.6 is 39.1 Å². The molecule has 1 aromatic rings. The van der Waals surface area contributed by atoms with Crippen LogP contribution in [0.4, 0.5) is 0 Å². The van der Waals surface area contributed by atoms with Crippen LogP contribution in [-0.4, -0.2) is 5.38 Å². The minimum Gasteiger partial charge on any atom is -0.123 e. The minimum atomic E-state index is 0.129. The van der Waals surface area contributed by atoms with Crippen LogP contribution in [0.1, 0.15) is 31.7 Å². The van der Waals surface area contributed by atoms with Crippen molar-refractivity contribution in [1.29, 1.82) is 0 Å². The average Bonchev–Trinajstić information content (AvgIpc) is 2.46. The summed E-state index contributed by atoms with van der Waals surface area (Å²) in [7, 11) is 0. The van der Waals surface area contributed by atoms with Crippen molar-refractivity contribution >= 4 is 39.1 Å². The van der Waals surface area contributed by atoms with Crippen LogP contribution in [0.3, 0.4) is 0 Å². The average molecular weight is 308 g/mol. The zero-order chi connectivity index (χ0) is 11.1. The summed E-state index contributed by atoms with van der Waals surface area (Å²) in [5, 5.41) is 1.14. The molecule has 0 spiro atoms. The van der Waals surface area contributed by atoms with Gasteiger partial charge in [0.15, 0.2) is 0 Å². The molecule has 0 aliphatic heterocycles. The van der Waals surface area contributed by atoms with Crippen molar-refractivity contribution in [2.75, 3.05) is 0 Å². The van der Waals surface area contributed by atoms with E-state index in [4.69, 9.17) is 23.2 Å². The smallest absolute Gasteiger partial charge is 0.0454 e. The first-order chi connectivity index (χ1) is 7.03. The Morgan fingerprint density at radius 1 is 1.47 bits per heavy atom. The van der Waals surface area contributed by atoms with Crippen molar-refractivity contribution in [3.05, 3.63) is 33.3 Å². The van der Waals surface area contributed by atoms with Crippen LogP contribution in [0.5, 0.6) is 0 Å². The van der Waals surface area contributed by atoms with Crippen LogP contribution in [0.2, 0.25) is 5.02 Å². The lowest BCUT2D eigenvalue weighted by Gasteiger charge is -2.26. The van der Waals surface area contributed by atoms with Crippen LogP contribution in [0.25, 0.3) is 0 Å². The summed E-state index contributed by atoms with van der Waals surface area (Å²) in [6.07, 6.45) is 3.20.